The molecule has 0 bridgehead atoms. The third kappa shape index (κ3) is 3.81. The van der Waals surface area contributed by atoms with Gasteiger partial charge in [-0.3, -0.25) is 9.78 Å². The molecule has 3 N–H and O–H groups in total. The molecule has 1 amide bonds. The summed E-state index contributed by atoms with van der Waals surface area (Å²) < 4.78 is 0. The molecule has 92 valence electrons. The van der Waals surface area contributed by atoms with Gasteiger partial charge in [-0.2, -0.15) is 23.5 Å². The SMILES string of the molecule is Nc1ccnc(C(=O)NCC2CSCCS2)c1. The monoisotopic (exact) mass is 269 g/mol. The third-order valence-corrected chi connectivity index (χ3v) is 5.24. The van der Waals surface area contributed by atoms with Gasteiger partial charge in [-0.05, 0) is 12.1 Å². The quantitative estimate of drug-likeness (QED) is 0.864. The van der Waals surface area contributed by atoms with Gasteiger partial charge in [-0.25, -0.2) is 0 Å². The van der Waals surface area contributed by atoms with Crippen molar-refractivity contribution in [2.75, 3.05) is 29.5 Å². The normalized spacial score (nSPS) is 19.9. The van der Waals surface area contributed by atoms with E-state index in [1.807, 2.05) is 23.5 Å². The Hall–Kier alpha value is -0.880. The van der Waals surface area contributed by atoms with Crippen molar-refractivity contribution < 1.29 is 4.79 Å². The Labute approximate surface area is 109 Å². The number of nitrogens with two attached hydrogens (primary N) is 1. The van der Waals surface area contributed by atoms with Crippen LogP contribution < -0.4 is 11.1 Å². The number of nitrogens with zero attached hydrogens (tertiary/aromatic N) is 1. The second-order valence-corrected chi connectivity index (χ2v) is 6.31. The van der Waals surface area contributed by atoms with Crippen molar-refractivity contribution in [2.24, 2.45) is 0 Å². The Balaban J connectivity index is 1.84. The Kier molecular flexibility index (Phi) is 4.56. The Bertz CT molecular complexity index is 394. The first-order valence-electron chi connectivity index (χ1n) is 5.45. The summed E-state index contributed by atoms with van der Waals surface area (Å²) in [7, 11) is 0. The van der Waals surface area contributed by atoms with Crippen molar-refractivity contribution in [3.8, 4) is 0 Å². The van der Waals surface area contributed by atoms with Gasteiger partial charge in [0.25, 0.3) is 5.91 Å². The van der Waals surface area contributed by atoms with Gasteiger partial charge in [0.1, 0.15) is 5.69 Å². The number of carbonyl (C=O) groups is 1. The predicted molar refractivity (Wildman–Crippen MR) is 74.6 cm³/mol. The van der Waals surface area contributed by atoms with Crippen LogP contribution in [0.4, 0.5) is 5.69 Å². The van der Waals surface area contributed by atoms with Gasteiger partial charge in [0.2, 0.25) is 0 Å². The summed E-state index contributed by atoms with van der Waals surface area (Å²) in [6, 6.07) is 3.27. The molecule has 0 aliphatic carbocycles. The molecule has 2 rings (SSSR count). The molecule has 0 radical (unpaired) electrons. The summed E-state index contributed by atoms with van der Waals surface area (Å²) in [5.41, 5.74) is 6.56. The highest BCUT2D eigenvalue weighted by molar-refractivity contribution is 8.06. The summed E-state index contributed by atoms with van der Waals surface area (Å²) in [6.45, 7) is 0.701. The molecule has 4 nitrogen and oxygen atoms in total. The number of rotatable bonds is 3. The zero-order valence-electron chi connectivity index (χ0n) is 9.39. The lowest BCUT2D eigenvalue weighted by Gasteiger charge is -2.20. The Morgan fingerprint density at radius 1 is 1.59 bits per heavy atom. The lowest BCUT2D eigenvalue weighted by atomic mass is 10.3. The van der Waals surface area contributed by atoms with Crippen LogP contribution in [0.1, 0.15) is 10.5 Å². The molecule has 1 aromatic rings. The first-order chi connectivity index (χ1) is 8.25. The maximum Gasteiger partial charge on any atom is 0.269 e. The third-order valence-electron chi connectivity index (χ3n) is 2.39. The number of aromatic nitrogens is 1. The molecule has 17 heavy (non-hydrogen) atoms. The van der Waals surface area contributed by atoms with E-state index < -0.39 is 0 Å². The van der Waals surface area contributed by atoms with Gasteiger partial charge >= 0.3 is 0 Å². The average Bonchev–Trinajstić information content (AvgIpc) is 2.37. The lowest BCUT2D eigenvalue weighted by Crippen LogP contribution is -2.33. The summed E-state index contributed by atoms with van der Waals surface area (Å²) in [5, 5.41) is 3.42. The highest BCUT2D eigenvalue weighted by atomic mass is 32.2. The second-order valence-electron chi connectivity index (χ2n) is 3.75. The highest BCUT2D eigenvalue weighted by Crippen LogP contribution is 2.23. The van der Waals surface area contributed by atoms with Crippen LogP contribution in [0.5, 0.6) is 0 Å². The molecule has 2 heterocycles. The number of hydrogen-bond acceptors (Lipinski definition) is 5. The van der Waals surface area contributed by atoms with Gasteiger partial charge in [0, 0.05) is 40.9 Å². The minimum absolute atomic E-state index is 0.145. The topological polar surface area (TPSA) is 68.0 Å². The molecule has 1 fully saturated rings. The zero-order chi connectivity index (χ0) is 12.1. The Morgan fingerprint density at radius 3 is 3.18 bits per heavy atom. The van der Waals surface area contributed by atoms with E-state index in [2.05, 4.69) is 10.3 Å². The summed E-state index contributed by atoms with van der Waals surface area (Å²) >= 11 is 3.87. The molecular weight excluding hydrogens is 254 g/mol. The van der Waals surface area contributed by atoms with Crippen LogP contribution in [0, 0.1) is 0 Å². The molecule has 1 aliphatic heterocycles. The summed E-state index contributed by atoms with van der Waals surface area (Å²) in [6.07, 6.45) is 1.55. The number of pyridine rings is 1. The highest BCUT2D eigenvalue weighted by Gasteiger charge is 2.16. The molecule has 1 saturated heterocycles. The van der Waals surface area contributed by atoms with Crippen LogP contribution in [0.3, 0.4) is 0 Å². The molecule has 6 heteroatoms. The van der Waals surface area contributed by atoms with Crippen LogP contribution in [0.25, 0.3) is 0 Å². The van der Waals surface area contributed by atoms with Crippen molar-refractivity contribution in [3.05, 3.63) is 24.0 Å². The predicted octanol–water partition coefficient (Wildman–Crippen LogP) is 1.24. The van der Waals surface area contributed by atoms with E-state index in [0.717, 1.165) is 5.75 Å². The maximum absolute atomic E-state index is 11.8. The minimum Gasteiger partial charge on any atom is -0.399 e. The van der Waals surface area contributed by atoms with E-state index in [1.165, 1.54) is 11.5 Å². The Morgan fingerprint density at radius 2 is 2.47 bits per heavy atom. The first kappa shape index (κ1) is 12.6. The molecule has 1 aliphatic rings. The van der Waals surface area contributed by atoms with E-state index >= 15 is 0 Å². The van der Waals surface area contributed by atoms with Crippen LogP contribution in [-0.4, -0.2) is 39.9 Å². The van der Waals surface area contributed by atoms with Crippen molar-refractivity contribution >= 4 is 35.1 Å². The largest absolute Gasteiger partial charge is 0.399 e. The number of nitrogen functional groups attached to an aromatic ring is 1. The second kappa shape index (κ2) is 6.16. The molecule has 0 saturated carbocycles. The first-order valence-corrected chi connectivity index (χ1v) is 7.65. The molecule has 0 spiro atoms. The van der Waals surface area contributed by atoms with Crippen molar-refractivity contribution in [1.29, 1.82) is 0 Å². The standard InChI is InChI=1S/C11H15N3OS2/c12-8-1-2-13-10(5-8)11(15)14-6-9-7-16-3-4-17-9/h1-2,5,9H,3-4,6-7H2,(H2,12,13)(H,14,15). The van der Waals surface area contributed by atoms with Gasteiger partial charge in [-0.1, -0.05) is 0 Å². The van der Waals surface area contributed by atoms with E-state index in [1.54, 1.807) is 18.3 Å². The molecule has 1 atom stereocenters. The maximum atomic E-state index is 11.8. The minimum atomic E-state index is -0.145. The number of anilines is 1. The van der Waals surface area contributed by atoms with E-state index in [4.69, 9.17) is 5.73 Å². The van der Waals surface area contributed by atoms with E-state index in [0.29, 0.717) is 23.2 Å². The van der Waals surface area contributed by atoms with E-state index in [9.17, 15) is 4.79 Å². The zero-order valence-corrected chi connectivity index (χ0v) is 11.0. The molecule has 1 unspecified atom stereocenters. The smallest absolute Gasteiger partial charge is 0.269 e. The fraction of sp³-hybridized carbons (Fsp3) is 0.455. The van der Waals surface area contributed by atoms with Crippen molar-refractivity contribution in [3.63, 3.8) is 0 Å². The fourth-order valence-electron chi connectivity index (χ4n) is 1.52. The number of carbonyl (C=O) groups excluding carboxylic acids is 1. The molecule has 0 aromatic carbocycles. The fourth-order valence-corrected chi connectivity index (χ4v) is 4.13. The summed E-state index contributed by atoms with van der Waals surface area (Å²) in [4.78, 5) is 15.8. The van der Waals surface area contributed by atoms with Crippen LogP contribution >= 0.6 is 23.5 Å². The summed E-state index contributed by atoms with van der Waals surface area (Å²) in [5.74, 6) is 3.34. The van der Waals surface area contributed by atoms with Crippen molar-refractivity contribution in [2.45, 2.75) is 5.25 Å². The van der Waals surface area contributed by atoms with Gasteiger partial charge in [-0.15, -0.1) is 0 Å². The number of hydrogen-bond donors (Lipinski definition) is 2. The van der Waals surface area contributed by atoms with Crippen LogP contribution in [0.15, 0.2) is 18.3 Å². The lowest BCUT2D eigenvalue weighted by molar-refractivity contribution is 0.0949. The van der Waals surface area contributed by atoms with Gasteiger partial charge in [0.15, 0.2) is 0 Å². The van der Waals surface area contributed by atoms with Crippen molar-refractivity contribution in [1.82, 2.24) is 10.3 Å². The van der Waals surface area contributed by atoms with Gasteiger partial charge in [0.05, 0.1) is 0 Å². The number of amides is 1. The van der Waals surface area contributed by atoms with Crippen LogP contribution in [-0.2, 0) is 0 Å². The number of thioether (sulfide) groups is 2. The van der Waals surface area contributed by atoms with E-state index in [-0.39, 0.29) is 5.91 Å². The van der Waals surface area contributed by atoms with Crippen LogP contribution in [0.2, 0.25) is 0 Å². The van der Waals surface area contributed by atoms with Gasteiger partial charge < -0.3 is 11.1 Å². The average molecular weight is 269 g/mol. The molecule has 1 aromatic heterocycles. The molecular formula is C11H15N3OS2. The number of nitrogens with one attached hydrogen (secondary N) is 1.